The molecule has 29 heavy (non-hydrogen) atoms. The molecule has 0 unspecified atom stereocenters. The van der Waals surface area contributed by atoms with Crippen LogP contribution < -0.4 is 20.1 Å². The molecule has 1 amide bonds. The summed E-state index contributed by atoms with van der Waals surface area (Å²) < 4.78 is 11.4. The number of thiocarbonyl (C=S) groups is 1. The van der Waals surface area contributed by atoms with Crippen LogP contribution in [-0.4, -0.2) is 24.2 Å². The third-order valence-electron chi connectivity index (χ3n) is 4.11. The summed E-state index contributed by atoms with van der Waals surface area (Å²) in [6, 6.07) is 14.5. The van der Waals surface area contributed by atoms with Crippen LogP contribution >= 0.6 is 12.2 Å². The SMILES string of the molecule is C=CCOc1ccccc1NC(=S)NC(=O)c1ccccc1OCCCCCC. The lowest BCUT2D eigenvalue weighted by molar-refractivity contribution is 0.0973. The van der Waals surface area contributed by atoms with Gasteiger partial charge in [0.05, 0.1) is 17.9 Å². The van der Waals surface area contributed by atoms with E-state index >= 15 is 0 Å². The number of hydrogen-bond acceptors (Lipinski definition) is 4. The quantitative estimate of drug-likeness (QED) is 0.296. The summed E-state index contributed by atoms with van der Waals surface area (Å²) in [7, 11) is 0. The number of carbonyl (C=O) groups excluding carboxylic acids is 1. The van der Waals surface area contributed by atoms with E-state index < -0.39 is 0 Å². The molecule has 2 aromatic carbocycles. The van der Waals surface area contributed by atoms with Crippen LogP contribution in [0.25, 0.3) is 0 Å². The van der Waals surface area contributed by atoms with Gasteiger partial charge in [0.2, 0.25) is 0 Å². The minimum absolute atomic E-state index is 0.183. The molecule has 0 atom stereocenters. The summed E-state index contributed by atoms with van der Waals surface area (Å²) in [6.07, 6.45) is 6.10. The maximum Gasteiger partial charge on any atom is 0.261 e. The van der Waals surface area contributed by atoms with Gasteiger partial charge in [-0.25, -0.2) is 0 Å². The molecule has 0 saturated carbocycles. The summed E-state index contributed by atoms with van der Waals surface area (Å²) in [5.41, 5.74) is 1.11. The van der Waals surface area contributed by atoms with Crippen molar-refractivity contribution in [1.29, 1.82) is 0 Å². The van der Waals surface area contributed by atoms with Gasteiger partial charge in [0, 0.05) is 0 Å². The highest BCUT2D eigenvalue weighted by Gasteiger charge is 2.14. The summed E-state index contributed by atoms with van der Waals surface area (Å²) in [5, 5.41) is 5.89. The first-order chi connectivity index (χ1) is 14.2. The van der Waals surface area contributed by atoms with Gasteiger partial charge < -0.3 is 14.8 Å². The van der Waals surface area contributed by atoms with Crippen LogP contribution in [0.4, 0.5) is 5.69 Å². The summed E-state index contributed by atoms with van der Waals surface area (Å²) in [6.45, 7) is 6.77. The van der Waals surface area contributed by atoms with Crippen molar-refractivity contribution >= 4 is 28.9 Å². The number of para-hydroxylation sites is 3. The molecule has 0 aromatic heterocycles. The molecular formula is C23H28N2O3S. The standard InChI is InChI=1S/C23H28N2O3S/c1-3-5-6-11-17-28-20-14-9-7-12-18(20)22(26)25-23(29)24-19-13-8-10-15-21(19)27-16-4-2/h4,7-10,12-15H,2-3,5-6,11,16-17H2,1H3,(H2,24,25,26,29). The van der Waals surface area contributed by atoms with E-state index in [9.17, 15) is 4.79 Å². The molecule has 2 rings (SSSR count). The average molecular weight is 413 g/mol. The predicted molar refractivity (Wildman–Crippen MR) is 122 cm³/mol. The topological polar surface area (TPSA) is 59.6 Å². The van der Waals surface area contributed by atoms with Crippen LogP contribution in [0.15, 0.2) is 61.2 Å². The Morgan fingerprint density at radius 3 is 2.52 bits per heavy atom. The molecule has 2 aromatic rings. The minimum Gasteiger partial charge on any atom is -0.493 e. The van der Waals surface area contributed by atoms with Crippen LogP contribution in [0, 0.1) is 0 Å². The molecule has 0 saturated heterocycles. The predicted octanol–water partition coefficient (Wildman–Crippen LogP) is 5.34. The Hall–Kier alpha value is -2.86. The summed E-state index contributed by atoms with van der Waals surface area (Å²) in [5.74, 6) is 0.856. The highest BCUT2D eigenvalue weighted by molar-refractivity contribution is 7.80. The van der Waals surface area contributed by atoms with Gasteiger partial charge >= 0.3 is 0 Å². The first-order valence-electron chi connectivity index (χ1n) is 9.82. The zero-order valence-electron chi connectivity index (χ0n) is 16.8. The van der Waals surface area contributed by atoms with E-state index in [-0.39, 0.29) is 11.0 Å². The second-order valence-corrected chi connectivity index (χ2v) is 6.82. The Kier molecular flexibility index (Phi) is 9.72. The van der Waals surface area contributed by atoms with E-state index in [2.05, 4.69) is 24.1 Å². The number of anilines is 1. The van der Waals surface area contributed by atoms with Gasteiger partial charge in [-0.1, -0.05) is 63.1 Å². The van der Waals surface area contributed by atoms with Crippen molar-refractivity contribution in [2.75, 3.05) is 18.5 Å². The van der Waals surface area contributed by atoms with Gasteiger partial charge in [-0.3, -0.25) is 10.1 Å². The van der Waals surface area contributed by atoms with Crippen molar-refractivity contribution in [3.8, 4) is 11.5 Å². The number of carbonyl (C=O) groups is 1. The monoisotopic (exact) mass is 412 g/mol. The minimum atomic E-state index is -0.323. The highest BCUT2D eigenvalue weighted by atomic mass is 32.1. The fraction of sp³-hybridized carbons (Fsp3) is 0.304. The number of unbranched alkanes of at least 4 members (excludes halogenated alkanes) is 3. The maximum atomic E-state index is 12.7. The number of nitrogens with one attached hydrogen (secondary N) is 2. The number of amides is 1. The van der Waals surface area contributed by atoms with Gasteiger partial charge in [-0.05, 0) is 42.9 Å². The molecule has 0 heterocycles. The lowest BCUT2D eigenvalue weighted by Crippen LogP contribution is -2.34. The Labute approximate surface area is 178 Å². The van der Waals surface area contributed by atoms with E-state index in [1.165, 1.54) is 12.8 Å². The van der Waals surface area contributed by atoms with E-state index in [1.54, 1.807) is 24.3 Å². The zero-order chi connectivity index (χ0) is 20.9. The van der Waals surface area contributed by atoms with Crippen LogP contribution in [0.5, 0.6) is 11.5 Å². The van der Waals surface area contributed by atoms with Gasteiger partial charge in [0.25, 0.3) is 5.91 Å². The molecule has 5 nitrogen and oxygen atoms in total. The molecule has 0 aliphatic rings. The van der Waals surface area contributed by atoms with Crippen LogP contribution in [0.3, 0.4) is 0 Å². The molecular weight excluding hydrogens is 384 g/mol. The summed E-state index contributed by atoms with van der Waals surface area (Å²) in [4.78, 5) is 12.7. The molecule has 154 valence electrons. The number of rotatable bonds is 11. The van der Waals surface area contributed by atoms with Crippen molar-refractivity contribution in [2.45, 2.75) is 32.6 Å². The van der Waals surface area contributed by atoms with Crippen molar-refractivity contribution in [1.82, 2.24) is 5.32 Å². The molecule has 0 fully saturated rings. The average Bonchev–Trinajstić information content (AvgIpc) is 2.73. The van der Waals surface area contributed by atoms with Gasteiger partial charge in [0.1, 0.15) is 18.1 Å². The van der Waals surface area contributed by atoms with Gasteiger partial charge in [-0.2, -0.15) is 0 Å². The molecule has 0 bridgehead atoms. The number of hydrogen-bond donors (Lipinski definition) is 2. The molecule has 6 heteroatoms. The second-order valence-electron chi connectivity index (χ2n) is 6.41. The van der Waals surface area contributed by atoms with Crippen molar-refractivity contribution in [2.24, 2.45) is 0 Å². The number of benzene rings is 2. The fourth-order valence-electron chi connectivity index (χ4n) is 2.66. The van der Waals surface area contributed by atoms with Crippen LogP contribution in [-0.2, 0) is 0 Å². The van der Waals surface area contributed by atoms with Crippen LogP contribution in [0.2, 0.25) is 0 Å². The lowest BCUT2D eigenvalue weighted by atomic mass is 10.2. The molecule has 0 aliphatic heterocycles. The van der Waals surface area contributed by atoms with Crippen molar-refractivity contribution in [3.63, 3.8) is 0 Å². The van der Waals surface area contributed by atoms with E-state index in [0.29, 0.717) is 36.0 Å². The smallest absolute Gasteiger partial charge is 0.261 e. The van der Waals surface area contributed by atoms with Gasteiger partial charge in [-0.15, -0.1) is 0 Å². The van der Waals surface area contributed by atoms with Crippen molar-refractivity contribution in [3.05, 3.63) is 66.7 Å². The van der Waals surface area contributed by atoms with Crippen LogP contribution in [0.1, 0.15) is 43.0 Å². The largest absolute Gasteiger partial charge is 0.493 e. The Bertz CT molecular complexity index is 823. The Morgan fingerprint density at radius 1 is 1.03 bits per heavy atom. The molecule has 0 radical (unpaired) electrons. The molecule has 0 aliphatic carbocycles. The third-order valence-corrected chi connectivity index (χ3v) is 4.31. The third kappa shape index (κ3) is 7.58. The summed E-state index contributed by atoms with van der Waals surface area (Å²) >= 11 is 5.30. The van der Waals surface area contributed by atoms with Crippen molar-refractivity contribution < 1.29 is 14.3 Å². The highest BCUT2D eigenvalue weighted by Crippen LogP contribution is 2.24. The number of ether oxygens (including phenoxy) is 2. The lowest BCUT2D eigenvalue weighted by Gasteiger charge is -2.15. The normalized spacial score (nSPS) is 10.1. The first-order valence-corrected chi connectivity index (χ1v) is 10.2. The maximum absolute atomic E-state index is 12.7. The van der Waals surface area contributed by atoms with E-state index in [0.717, 1.165) is 12.8 Å². The Morgan fingerprint density at radius 2 is 1.76 bits per heavy atom. The second kappa shape index (κ2) is 12.6. The van der Waals surface area contributed by atoms with E-state index in [4.69, 9.17) is 21.7 Å². The molecule has 0 spiro atoms. The zero-order valence-corrected chi connectivity index (χ0v) is 17.6. The van der Waals surface area contributed by atoms with E-state index in [1.807, 2.05) is 30.3 Å². The Balaban J connectivity index is 1.96. The van der Waals surface area contributed by atoms with Gasteiger partial charge in [0.15, 0.2) is 5.11 Å². The molecule has 2 N–H and O–H groups in total. The first kappa shape index (κ1) is 22.4. The fourth-order valence-corrected chi connectivity index (χ4v) is 2.86.